The van der Waals surface area contributed by atoms with Crippen molar-refractivity contribution in [3.05, 3.63) is 12.3 Å². The molecule has 0 bridgehead atoms. The van der Waals surface area contributed by atoms with Crippen LogP contribution in [-0.2, 0) is 0 Å². The van der Waals surface area contributed by atoms with Gasteiger partial charge in [0, 0.05) is 12.2 Å². The summed E-state index contributed by atoms with van der Waals surface area (Å²) >= 11 is 0. The number of rotatable bonds is 9. The van der Waals surface area contributed by atoms with Crippen molar-refractivity contribution in [3.8, 4) is 0 Å². The number of hydrogen-bond acceptors (Lipinski definition) is 1. The molecule has 15 heavy (non-hydrogen) atoms. The lowest BCUT2D eigenvalue weighted by Gasteiger charge is -2.28. The molecular formula is C14H29N. The van der Waals surface area contributed by atoms with E-state index in [1.54, 1.807) is 0 Å². The minimum absolute atomic E-state index is 0.562. The van der Waals surface area contributed by atoms with Crippen LogP contribution < -0.4 is 5.32 Å². The maximum atomic E-state index is 3.85. The summed E-state index contributed by atoms with van der Waals surface area (Å²) in [6.07, 6.45) is 7.98. The second kappa shape index (κ2) is 7.78. The third-order valence-electron chi connectivity index (χ3n) is 3.37. The summed E-state index contributed by atoms with van der Waals surface area (Å²) in [4.78, 5) is 0. The molecule has 0 saturated heterocycles. The molecule has 0 aliphatic rings. The Morgan fingerprint density at radius 3 is 2.27 bits per heavy atom. The maximum absolute atomic E-state index is 3.85. The van der Waals surface area contributed by atoms with E-state index in [-0.39, 0.29) is 0 Å². The van der Waals surface area contributed by atoms with Crippen LogP contribution in [0.5, 0.6) is 0 Å². The van der Waals surface area contributed by atoms with Gasteiger partial charge in [-0.15, -0.1) is 0 Å². The highest BCUT2D eigenvalue weighted by Crippen LogP contribution is 2.33. The van der Waals surface area contributed by atoms with E-state index in [9.17, 15) is 0 Å². The molecule has 90 valence electrons. The largest absolute Gasteiger partial charge is 0.389 e. The van der Waals surface area contributed by atoms with Gasteiger partial charge in [0.2, 0.25) is 0 Å². The van der Waals surface area contributed by atoms with E-state index < -0.39 is 0 Å². The van der Waals surface area contributed by atoms with Crippen LogP contribution >= 0.6 is 0 Å². The number of nitrogens with one attached hydrogen (secondary N) is 1. The van der Waals surface area contributed by atoms with Gasteiger partial charge in [-0.05, 0) is 31.6 Å². The van der Waals surface area contributed by atoms with Gasteiger partial charge in [0.1, 0.15) is 0 Å². The normalized spacial score (nSPS) is 14.7. The molecule has 1 N–H and O–H groups in total. The molecule has 1 nitrogen and oxygen atoms in total. The molecule has 0 aromatic carbocycles. The maximum Gasteiger partial charge on any atom is 0.0143 e. The molecule has 0 radical (unpaired) electrons. The van der Waals surface area contributed by atoms with Crippen LogP contribution in [0.25, 0.3) is 0 Å². The second-order valence-electron chi connectivity index (χ2n) is 5.08. The van der Waals surface area contributed by atoms with Crippen molar-refractivity contribution in [3.63, 3.8) is 0 Å². The van der Waals surface area contributed by atoms with Crippen LogP contribution in [0, 0.1) is 5.41 Å². The molecule has 0 spiro atoms. The first-order chi connectivity index (χ1) is 7.04. The topological polar surface area (TPSA) is 12.0 Å². The minimum atomic E-state index is 0.562. The zero-order valence-electron chi connectivity index (χ0n) is 11.2. The Hall–Kier alpha value is -0.460. The highest BCUT2D eigenvalue weighted by molar-refractivity contribution is 4.84. The van der Waals surface area contributed by atoms with E-state index in [0.717, 1.165) is 12.2 Å². The molecule has 0 saturated carbocycles. The molecule has 1 heteroatoms. The van der Waals surface area contributed by atoms with Gasteiger partial charge in [-0.2, -0.15) is 0 Å². The van der Waals surface area contributed by atoms with Gasteiger partial charge in [-0.3, -0.25) is 0 Å². The molecule has 0 aliphatic carbocycles. The molecule has 0 amide bonds. The second-order valence-corrected chi connectivity index (χ2v) is 5.08. The number of unbranched alkanes of at least 4 members (excludes halogenated alkanes) is 1. The molecule has 0 heterocycles. The molecular weight excluding hydrogens is 182 g/mol. The smallest absolute Gasteiger partial charge is 0.0143 e. The quantitative estimate of drug-likeness (QED) is 0.554. The highest BCUT2D eigenvalue weighted by atomic mass is 14.9. The zero-order valence-corrected chi connectivity index (χ0v) is 11.2. The fraction of sp³-hybridized carbons (Fsp3) is 0.857. The first kappa shape index (κ1) is 14.5. The van der Waals surface area contributed by atoms with Gasteiger partial charge < -0.3 is 5.32 Å². The molecule has 0 aromatic heterocycles. The highest BCUT2D eigenvalue weighted by Gasteiger charge is 2.20. The molecule has 0 aromatic rings. The Morgan fingerprint density at radius 1 is 1.20 bits per heavy atom. The summed E-state index contributed by atoms with van der Waals surface area (Å²) in [6, 6.07) is 0. The molecule has 1 unspecified atom stereocenters. The SMILES string of the molecule is C=C(C)NCCCC(C)(CC)CCCC. The fourth-order valence-corrected chi connectivity index (χ4v) is 1.90. The Labute approximate surface area is 96.3 Å². The first-order valence-electron chi connectivity index (χ1n) is 6.43. The summed E-state index contributed by atoms with van der Waals surface area (Å²) < 4.78 is 0. The lowest BCUT2D eigenvalue weighted by molar-refractivity contribution is 0.246. The van der Waals surface area contributed by atoms with E-state index >= 15 is 0 Å². The summed E-state index contributed by atoms with van der Waals surface area (Å²) in [6.45, 7) is 14.0. The third kappa shape index (κ3) is 7.47. The van der Waals surface area contributed by atoms with Crippen molar-refractivity contribution in [2.45, 2.75) is 66.2 Å². The standard InChI is InChI=1S/C14H29N/c1-6-8-10-14(5,7-2)11-9-12-15-13(3)4/h15H,3,6-12H2,1-2,4-5H3. The van der Waals surface area contributed by atoms with Gasteiger partial charge in [-0.1, -0.05) is 46.6 Å². The Bertz CT molecular complexity index is 174. The Morgan fingerprint density at radius 2 is 1.80 bits per heavy atom. The Kier molecular flexibility index (Phi) is 7.54. The summed E-state index contributed by atoms with van der Waals surface area (Å²) in [5.41, 5.74) is 1.65. The van der Waals surface area contributed by atoms with Crippen molar-refractivity contribution in [2.75, 3.05) is 6.54 Å². The Balaban J connectivity index is 3.72. The van der Waals surface area contributed by atoms with Crippen molar-refractivity contribution >= 4 is 0 Å². The lowest BCUT2D eigenvalue weighted by atomic mass is 9.78. The van der Waals surface area contributed by atoms with Crippen LogP contribution in [0.4, 0.5) is 0 Å². The summed E-state index contributed by atoms with van der Waals surface area (Å²) in [5.74, 6) is 0. The van der Waals surface area contributed by atoms with Crippen LogP contribution in [0.2, 0.25) is 0 Å². The van der Waals surface area contributed by atoms with Crippen LogP contribution in [-0.4, -0.2) is 6.54 Å². The number of hydrogen-bond donors (Lipinski definition) is 1. The van der Waals surface area contributed by atoms with Crippen LogP contribution in [0.3, 0.4) is 0 Å². The average Bonchev–Trinajstić information content (AvgIpc) is 2.21. The van der Waals surface area contributed by atoms with Gasteiger partial charge in [0.15, 0.2) is 0 Å². The van der Waals surface area contributed by atoms with Crippen molar-refractivity contribution < 1.29 is 0 Å². The molecule has 0 aliphatic heterocycles. The third-order valence-corrected chi connectivity index (χ3v) is 3.37. The van der Waals surface area contributed by atoms with E-state index in [4.69, 9.17) is 0 Å². The van der Waals surface area contributed by atoms with Gasteiger partial charge >= 0.3 is 0 Å². The van der Waals surface area contributed by atoms with E-state index in [2.05, 4.69) is 32.7 Å². The van der Waals surface area contributed by atoms with Crippen molar-refractivity contribution in [1.82, 2.24) is 5.32 Å². The average molecular weight is 211 g/mol. The van der Waals surface area contributed by atoms with Crippen molar-refractivity contribution in [2.24, 2.45) is 5.41 Å². The fourth-order valence-electron chi connectivity index (χ4n) is 1.90. The van der Waals surface area contributed by atoms with Crippen LogP contribution in [0.1, 0.15) is 66.2 Å². The van der Waals surface area contributed by atoms with E-state index in [1.807, 2.05) is 6.92 Å². The molecule has 0 fully saturated rings. The van der Waals surface area contributed by atoms with E-state index in [0.29, 0.717) is 5.41 Å². The first-order valence-corrected chi connectivity index (χ1v) is 6.43. The van der Waals surface area contributed by atoms with Crippen LogP contribution in [0.15, 0.2) is 12.3 Å². The zero-order chi connectivity index (χ0) is 11.7. The summed E-state index contributed by atoms with van der Waals surface area (Å²) in [5, 5.41) is 3.30. The monoisotopic (exact) mass is 211 g/mol. The molecule has 1 atom stereocenters. The van der Waals surface area contributed by atoms with Gasteiger partial charge in [0.25, 0.3) is 0 Å². The predicted octanol–water partition coefficient (Wildman–Crippen LogP) is 4.50. The predicted molar refractivity (Wildman–Crippen MR) is 70.0 cm³/mol. The van der Waals surface area contributed by atoms with Gasteiger partial charge in [-0.25, -0.2) is 0 Å². The number of allylic oxidation sites excluding steroid dienone is 1. The summed E-state index contributed by atoms with van der Waals surface area (Å²) in [7, 11) is 0. The minimum Gasteiger partial charge on any atom is -0.389 e. The van der Waals surface area contributed by atoms with E-state index in [1.165, 1.54) is 38.5 Å². The van der Waals surface area contributed by atoms with Gasteiger partial charge in [0.05, 0.1) is 0 Å². The van der Waals surface area contributed by atoms with Crippen molar-refractivity contribution in [1.29, 1.82) is 0 Å². The molecule has 0 rings (SSSR count). The lowest BCUT2D eigenvalue weighted by Crippen LogP contribution is -2.19.